The van der Waals surface area contributed by atoms with Crippen LogP contribution in [0.3, 0.4) is 0 Å². The van der Waals surface area contributed by atoms with Gasteiger partial charge in [0.1, 0.15) is 0 Å². The lowest BCUT2D eigenvalue weighted by atomic mass is 9.43. The van der Waals surface area contributed by atoms with Crippen LogP contribution in [0, 0.1) is 57.7 Å². The second kappa shape index (κ2) is 7.59. The van der Waals surface area contributed by atoms with E-state index in [1.807, 2.05) is 7.11 Å². The molecule has 4 fully saturated rings. The highest BCUT2D eigenvalue weighted by molar-refractivity contribution is 5.11. The third kappa shape index (κ3) is 3.05. The molecule has 0 spiro atoms. The van der Waals surface area contributed by atoms with Gasteiger partial charge in [-0.3, -0.25) is 0 Å². The third-order valence-corrected chi connectivity index (χ3v) is 10.4. The van der Waals surface area contributed by atoms with Crippen LogP contribution in [0.25, 0.3) is 0 Å². The van der Waals surface area contributed by atoms with Gasteiger partial charge in [-0.1, -0.05) is 20.8 Å². The number of hydrogen-bond donors (Lipinski definition) is 1. The molecular weight excluding hydrogens is 346 g/mol. The quantitative estimate of drug-likeness (QED) is 0.686. The summed E-state index contributed by atoms with van der Waals surface area (Å²) in [5.41, 5.74) is 0.759. The standard InChI is InChI=1S/C25H41NO2/c1-16(6-5-13-26)19-7-8-20-23-21(10-12-25(19,20)3)24(2)11-9-18(28-4)14-17(24)15-22(23)27/h16-23,27H,5-12,14-15H2,1-4H3/t16-,17+,18-,19-,20+,21+,22+,23+,24+,25-/m1/s1. The molecule has 1 N–H and O–H groups in total. The van der Waals surface area contributed by atoms with Crippen LogP contribution < -0.4 is 0 Å². The van der Waals surface area contributed by atoms with E-state index < -0.39 is 0 Å². The van der Waals surface area contributed by atoms with Gasteiger partial charge in [0.25, 0.3) is 0 Å². The molecule has 0 aromatic carbocycles. The number of ether oxygens (including phenoxy) is 1. The molecule has 28 heavy (non-hydrogen) atoms. The molecule has 3 nitrogen and oxygen atoms in total. The molecule has 0 aromatic heterocycles. The predicted octanol–water partition coefficient (Wildman–Crippen LogP) is 5.57. The maximum absolute atomic E-state index is 11.4. The minimum atomic E-state index is -0.128. The van der Waals surface area contributed by atoms with E-state index >= 15 is 0 Å². The average Bonchev–Trinajstić information content (AvgIpc) is 3.03. The van der Waals surface area contributed by atoms with Crippen molar-refractivity contribution in [3.8, 4) is 6.07 Å². The summed E-state index contributed by atoms with van der Waals surface area (Å²) in [5.74, 6) is 3.84. The van der Waals surface area contributed by atoms with Gasteiger partial charge in [-0.05, 0) is 104 Å². The van der Waals surface area contributed by atoms with Gasteiger partial charge in [0.05, 0.1) is 18.3 Å². The molecule has 0 amide bonds. The number of aliphatic hydroxyl groups is 1. The lowest BCUT2D eigenvalue weighted by Crippen LogP contribution is -2.58. The average molecular weight is 388 g/mol. The molecule has 4 aliphatic rings. The van der Waals surface area contributed by atoms with Gasteiger partial charge >= 0.3 is 0 Å². The first-order valence-corrected chi connectivity index (χ1v) is 11.9. The van der Waals surface area contributed by atoms with E-state index in [0.717, 1.165) is 25.2 Å². The summed E-state index contributed by atoms with van der Waals surface area (Å²) in [5, 5.41) is 20.4. The Bertz CT molecular complexity index is 614. The molecular formula is C25H41NO2. The summed E-state index contributed by atoms with van der Waals surface area (Å²) >= 11 is 0. The zero-order valence-corrected chi connectivity index (χ0v) is 18.5. The van der Waals surface area contributed by atoms with E-state index in [1.54, 1.807) is 0 Å². The minimum Gasteiger partial charge on any atom is -0.393 e. The fourth-order valence-corrected chi connectivity index (χ4v) is 8.87. The van der Waals surface area contributed by atoms with Crippen molar-refractivity contribution < 1.29 is 9.84 Å². The van der Waals surface area contributed by atoms with Gasteiger partial charge < -0.3 is 9.84 Å². The zero-order chi connectivity index (χ0) is 20.1. The highest BCUT2D eigenvalue weighted by Crippen LogP contribution is 2.68. The van der Waals surface area contributed by atoms with E-state index in [1.165, 1.54) is 38.5 Å². The molecule has 4 rings (SSSR count). The number of methoxy groups -OCH3 is 1. The molecule has 0 aliphatic heterocycles. The number of aliphatic hydroxyl groups excluding tert-OH is 1. The largest absolute Gasteiger partial charge is 0.393 e. The Morgan fingerprint density at radius 3 is 2.50 bits per heavy atom. The maximum atomic E-state index is 11.4. The Morgan fingerprint density at radius 2 is 1.79 bits per heavy atom. The van der Waals surface area contributed by atoms with E-state index in [-0.39, 0.29) is 6.10 Å². The summed E-state index contributed by atoms with van der Waals surface area (Å²) < 4.78 is 5.71. The van der Waals surface area contributed by atoms with Crippen LogP contribution in [0.2, 0.25) is 0 Å². The Balaban J connectivity index is 1.56. The highest BCUT2D eigenvalue weighted by Gasteiger charge is 2.62. The monoisotopic (exact) mass is 387 g/mol. The Labute approximate surface area is 172 Å². The summed E-state index contributed by atoms with van der Waals surface area (Å²) in [4.78, 5) is 0. The van der Waals surface area contributed by atoms with Gasteiger partial charge in [0.15, 0.2) is 0 Å². The van der Waals surface area contributed by atoms with Crippen LogP contribution in [0.1, 0.15) is 85.0 Å². The van der Waals surface area contributed by atoms with Crippen molar-refractivity contribution in [2.24, 2.45) is 46.3 Å². The molecule has 3 heteroatoms. The van der Waals surface area contributed by atoms with Crippen LogP contribution in [0.5, 0.6) is 0 Å². The summed E-state index contributed by atoms with van der Waals surface area (Å²) in [7, 11) is 1.85. The van der Waals surface area contributed by atoms with Crippen LogP contribution in [0.15, 0.2) is 0 Å². The van der Waals surface area contributed by atoms with Crippen molar-refractivity contribution in [2.75, 3.05) is 7.11 Å². The van der Waals surface area contributed by atoms with Crippen LogP contribution >= 0.6 is 0 Å². The van der Waals surface area contributed by atoms with Gasteiger partial charge in [-0.25, -0.2) is 0 Å². The second-order valence-corrected chi connectivity index (χ2v) is 11.3. The lowest BCUT2D eigenvalue weighted by Gasteiger charge is -2.62. The van der Waals surface area contributed by atoms with E-state index in [2.05, 4.69) is 26.8 Å². The number of nitriles is 1. The first-order chi connectivity index (χ1) is 13.3. The maximum Gasteiger partial charge on any atom is 0.0621 e. The molecule has 0 bridgehead atoms. The van der Waals surface area contributed by atoms with E-state index in [4.69, 9.17) is 10.00 Å². The molecule has 10 atom stereocenters. The second-order valence-electron chi connectivity index (χ2n) is 11.3. The molecule has 0 radical (unpaired) electrons. The molecule has 0 aromatic rings. The Kier molecular flexibility index (Phi) is 5.60. The van der Waals surface area contributed by atoms with Gasteiger partial charge in [-0.15, -0.1) is 0 Å². The number of nitrogens with zero attached hydrogens (tertiary/aromatic N) is 1. The molecule has 0 saturated heterocycles. The van der Waals surface area contributed by atoms with E-state index in [9.17, 15) is 5.11 Å². The number of rotatable bonds is 4. The Morgan fingerprint density at radius 1 is 1.07 bits per heavy atom. The van der Waals surface area contributed by atoms with Crippen molar-refractivity contribution in [2.45, 2.75) is 97.2 Å². The molecule has 4 aliphatic carbocycles. The van der Waals surface area contributed by atoms with Crippen LogP contribution in [-0.2, 0) is 4.74 Å². The van der Waals surface area contributed by atoms with Crippen LogP contribution in [0.4, 0.5) is 0 Å². The highest BCUT2D eigenvalue weighted by atomic mass is 16.5. The predicted molar refractivity (Wildman–Crippen MR) is 111 cm³/mol. The normalized spacial score (nSPS) is 51.5. The molecule has 4 saturated carbocycles. The van der Waals surface area contributed by atoms with Crippen molar-refractivity contribution in [1.82, 2.24) is 0 Å². The number of hydrogen-bond acceptors (Lipinski definition) is 3. The third-order valence-electron chi connectivity index (χ3n) is 10.4. The molecule has 0 unspecified atom stereocenters. The lowest BCUT2D eigenvalue weighted by molar-refractivity contribution is -0.176. The smallest absolute Gasteiger partial charge is 0.0621 e. The summed E-state index contributed by atoms with van der Waals surface area (Å²) in [6.07, 6.45) is 11.8. The first kappa shape index (κ1) is 20.7. The summed E-state index contributed by atoms with van der Waals surface area (Å²) in [6.45, 7) is 7.47. The van der Waals surface area contributed by atoms with Gasteiger partial charge in [0.2, 0.25) is 0 Å². The van der Waals surface area contributed by atoms with Gasteiger partial charge in [-0.2, -0.15) is 5.26 Å². The van der Waals surface area contributed by atoms with Crippen molar-refractivity contribution in [1.29, 1.82) is 5.26 Å². The van der Waals surface area contributed by atoms with Crippen LogP contribution in [-0.4, -0.2) is 24.4 Å². The zero-order valence-electron chi connectivity index (χ0n) is 18.5. The fraction of sp³-hybridized carbons (Fsp3) is 0.960. The summed E-state index contributed by atoms with van der Waals surface area (Å²) in [6, 6.07) is 2.35. The fourth-order valence-electron chi connectivity index (χ4n) is 8.87. The topological polar surface area (TPSA) is 53.2 Å². The van der Waals surface area contributed by atoms with Gasteiger partial charge in [0, 0.05) is 13.5 Å². The Hall–Kier alpha value is -0.590. The number of fused-ring (bicyclic) bond motifs is 5. The van der Waals surface area contributed by atoms with Crippen molar-refractivity contribution in [3.05, 3.63) is 0 Å². The van der Waals surface area contributed by atoms with Crippen molar-refractivity contribution in [3.63, 3.8) is 0 Å². The van der Waals surface area contributed by atoms with E-state index in [0.29, 0.717) is 52.9 Å². The van der Waals surface area contributed by atoms with Crippen molar-refractivity contribution >= 4 is 0 Å². The molecule has 0 heterocycles. The minimum absolute atomic E-state index is 0.128. The SMILES string of the molecule is CO[C@@H]1CC[C@@]2(C)[C@@H](C1)C[C@H](O)[C@@H]1[C@@H]2CC[C@]2(C)[C@@H]([C@H](C)CCC#N)CC[C@@H]12. The molecule has 158 valence electrons. The first-order valence-electron chi connectivity index (χ1n) is 11.9.